The van der Waals surface area contributed by atoms with E-state index >= 15 is 0 Å². The summed E-state index contributed by atoms with van der Waals surface area (Å²) in [4.78, 5) is 12.6. The van der Waals surface area contributed by atoms with Crippen molar-refractivity contribution in [2.75, 3.05) is 13.7 Å². The van der Waals surface area contributed by atoms with Crippen LogP contribution in [0.2, 0.25) is 0 Å². The number of ether oxygens (including phenoxy) is 1. The number of carbonyl (C=O) groups is 1. The number of hydrogen-bond acceptors (Lipinski definition) is 3. The minimum atomic E-state index is -0.316. The van der Waals surface area contributed by atoms with E-state index in [1.165, 1.54) is 37.7 Å². The third kappa shape index (κ3) is 1.97. The van der Waals surface area contributed by atoms with Crippen molar-refractivity contribution in [3.05, 3.63) is 11.6 Å². The van der Waals surface area contributed by atoms with Gasteiger partial charge in [-0.3, -0.25) is 4.79 Å². The first kappa shape index (κ1) is 16.6. The Morgan fingerprint density at radius 3 is 2.67 bits per heavy atom. The molecule has 1 spiro atoms. The molecule has 3 fully saturated rings. The minimum absolute atomic E-state index is 0.00179. The van der Waals surface area contributed by atoms with E-state index in [-0.39, 0.29) is 28.8 Å². The molecule has 4 unspecified atom stereocenters. The number of carbonyl (C=O) groups excluding carboxylic acids is 1. The first-order chi connectivity index (χ1) is 11.4. The Labute approximate surface area is 145 Å². The lowest BCUT2D eigenvalue weighted by Gasteiger charge is -2.66. The summed E-state index contributed by atoms with van der Waals surface area (Å²) in [5.41, 5.74) is 1.50. The quantitative estimate of drug-likeness (QED) is 0.612. The summed E-state index contributed by atoms with van der Waals surface area (Å²) in [5, 5.41) is 9.75. The summed E-state index contributed by atoms with van der Waals surface area (Å²) >= 11 is 0. The van der Waals surface area contributed by atoms with Gasteiger partial charge in [-0.15, -0.1) is 0 Å². The van der Waals surface area contributed by atoms with Crippen molar-refractivity contribution >= 4 is 5.97 Å². The lowest BCUT2D eigenvalue weighted by atomic mass is 9.38. The first-order valence-corrected chi connectivity index (χ1v) is 9.80. The maximum atomic E-state index is 12.6. The van der Waals surface area contributed by atoms with Crippen molar-refractivity contribution in [2.45, 2.75) is 65.2 Å². The van der Waals surface area contributed by atoms with Crippen LogP contribution in [-0.2, 0) is 9.53 Å². The number of aliphatic hydroxyl groups excluding tert-OH is 1. The largest absolute Gasteiger partial charge is 0.469 e. The van der Waals surface area contributed by atoms with Crippen LogP contribution in [0.3, 0.4) is 0 Å². The summed E-state index contributed by atoms with van der Waals surface area (Å²) in [7, 11) is 1.54. The minimum Gasteiger partial charge on any atom is -0.469 e. The lowest BCUT2D eigenvalue weighted by Crippen LogP contribution is -2.60. The highest BCUT2D eigenvalue weighted by atomic mass is 16.5. The van der Waals surface area contributed by atoms with Crippen molar-refractivity contribution < 1.29 is 14.6 Å². The van der Waals surface area contributed by atoms with Crippen LogP contribution in [0.5, 0.6) is 0 Å². The molecular weight excluding hydrogens is 300 g/mol. The molecule has 3 nitrogen and oxygen atoms in total. The third-order valence-electron chi connectivity index (χ3n) is 8.68. The van der Waals surface area contributed by atoms with Gasteiger partial charge < -0.3 is 9.84 Å². The summed E-state index contributed by atoms with van der Waals surface area (Å²) in [6, 6.07) is 0. The van der Waals surface area contributed by atoms with Crippen LogP contribution in [0, 0.1) is 34.0 Å². The van der Waals surface area contributed by atoms with Gasteiger partial charge >= 0.3 is 5.97 Å². The predicted octanol–water partition coefficient (Wildman–Crippen LogP) is 4.10. The molecule has 2 bridgehead atoms. The molecule has 5 aliphatic rings. The normalized spacial score (nSPS) is 49.8. The average Bonchev–Trinajstić information content (AvgIpc) is 2.60. The lowest BCUT2D eigenvalue weighted by molar-refractivity contribution is -0.183. The van der Waals surface area contributed by atoms with Crippen molar-refractivity contribution in [1.82, 2.24) is 0 Å². The smallest absolute Gasteiger partial charge is 0.311 e. The molecule has 134 valence electrons. The van der Waals surface area contributed by atoms with Crippen molar-refractivity contribution in [2.24, 2.45) is 34.0 Å². The molecule has 0 aliphatic heterocycles. The number of allylic oxidation sites excluding steroid dienone is 1. The number of methoxy groups -OCH3 is 1. The highest BCUT2D eigenvalue weighted by Crippen LogP contribution is 2.70. The molecule has 0 amide bonds. The average molecular weight is 332 g/mol. The first-order valence-electron chi connectivity index (χ1n) is 9.80. The molecule has 24 heavy (non-hydrogen) atoms. The van der Waals surface area contributed by atoms with Crippen molar-refractivity contribution in [3.63, 3.8) is 0 Å². The van der Waals surface area contributed by atoms with Gasteiger partial charge in [-0.1, -0.05) is 19.4 Å². The molecule has 0 saturated heterocycles. The van der Waals surface area contributed by atoms with E-state index in [0.717, 1.165) is 19.3 Å². The summed E-state index contributed by atoms with van der Waals surface area (Å²) < 4.78 is 5.23. The second-order valence-electron chi connectivity index (χ2n) is 9.49. The monoisotopic (exact) mass is 332 g/mol. The van der Waals surface area contributed by atoms with Gasteiger partial charge in [0, 0.05) is 0 Å². The molecule has 3 heteroatoms. The third-order valence-corrected chi connectivity index (χ3v) is 8.68. The van der Waals surface area contributed by atoms with Crippen LogP contribution in [0.4, 0.5) is 0 Å². The van der Waals surface area contributed by atoms with E-state index in [4.69, 9.17) is 4.74 Å². The molecule has 5 rings (SSSR count). The molecule has 5 aliphatic carbocycles. The second-order valence-corrected chi connectivity index (χ2v) is 9.49. The van der Waals surface area contributed by atoms with Gasteiger partial charge in [-0.05, 0) is 86.0 Å². The Morgan fingerprint density at radius 1 is 1.21 bits per heavy atom. The molecule has 0 heterocycles. The Kier molecular flexibility index (Phi) is 3.69. The zero-order valence-corrected chi connectivity index (χ0v) is 15.4. The van der Waals surface area contributed by atoms with Crippen molar-refractivity contribution in [1.29, 1.82) is 0 Å². The Balaban J connectivity index is 1.74. The fraction of sp³-hybridized carbons (Fsp3) is 0.857. The molecule has 6 atom stereocenters. The standard InChI is InChI=1S/C21H32O3/c1-19-7-4-8-20(2,18(23)24-3)16(19)6-10-21-9-5-14(11-17(19)21)15(12-21)13-22/h12,14,16-17,22H,4-11,13H2,1-3H3/t14?,16?,17?,19-,20-,21?/m1/s1. The predicted molar refractivity (Wildman–Crippen MR) is 93.2 cm³/mol. The van der Waals surface area contributed by atoms with Gasteiger partial charge in [0.05, 0.1) is 19.1 Å². The number of esters is 1. The fourth-order valence-electron chi connectivity index (χ4n) is 7.59. The van der Waals surface area contributed by atoms with Crippen molar-refractivity contribution in [3.8, 4) is 0 Å². The van der Waals surface area contributed by atoms with E-state index in [2.05, 4.69) is 19.9 Å². The number of hydrogen-bond donors (Lipinski definition) is 1. The van der Waals surface area contributed by atoms with Crippen LogP contribution in [0.25, 0.3) is 0 Å². The summed E-state index contributed by atoms with van der Waals surface area (Å²) in [6.07, 6.45) is 11.9. The molecule has 3 saturated carbocycles. The van der Waals surface area contributed by atoms with Crippen LogP contribution in [0.1, 0.15) is 65.2 Å². The summed E-state index contributed by atoms with van der Waals surface area (Å²) in [5.74, 6) is 1.68. The van der Waals surface area contributed by atoms with Gasteiger partial charge in [-0.25, -0.2) is 0 Å². The Hall–Kier alpha value is -0.830. The number of aliphatic hydroxyl groups is 1. The highest BCUT2D eigenvalue weighted by Gasteiger charge is 2.64. The van der Waals surface area contributed by atoms with Crippen LogP contribution >= 0.6 is 0 Å². The number of fused-ring (bicyclic) bond motifs is 2. The molecule has 0 aromatic rings. The topological polar surface area (TPSA) is 46.5 Å². The van der Waals surface area contributed by atoms with Crippen LogP contribution in [-0.4, -0.2) is 24.8 Å². The fourth-order valence-corrected chi connectivity index (χ4v) is 7.59. The van der Waals surface area contributed by atoms with Gasteiger partial charge in [0.2, 0.25) is 0 Å². The Morgan fingerprint density at radius 2 is 1.96 bits per heavy atom. The molecule has 1 N–H and O–H groups in total. The van der Waals surface area contributed by atoms with Gasteiger partial charge in [0.1, 0.15) is 0 Å². The van der Waals surface area contributed by atoms with Gasteiger partial charge in [-0.2, -0.15) is 0 Å². The SMILES string of the molecule is COC(=O)[C@]1(C)CCC[C@@]2(C)C3CC4CCC3(C=C4CO)CCC21. The molecule has 0 aromatic heterocycles. The van der Waals surface area contributed by atoms with Crippen LogP contribution in [0.15, 0.2) is 11.6 Å². The van der Waals surface area contributed by atoms with E-state index in [9.17, 15) is 9.90 Å². The number of rotatable bonds is 2. The van der Waals surface area contributed by atoms with E-state index in [1.54, 1.807) is 7.11 Å². The van der Waals surface area contributed by atoms with Crippen LogP contribution < -0.4 is 0 Å². The zero-order valence-electron chi connectivity index (χ0n) is 15.4. The summed E-state index contributed by atoms with van der Waals surface area (Å²) in [6.45, 7) is 4.87. The maximum Gasteiger partial charge on any atom is 0.311 e. The van der Waals surface area contributed by atoms with E-state index in [1.807, 2.05) is 0 Å². The van der Waals surface area contributed by atoms with Gasteiger partial charge in [0.25, 0.3) is 0 Å². The molecule has 0 aromatic carbocycles. The van der Waals surface area contributed by atoms with E-state index < -0.39 is 0 Å². The zero-order chi connectivity index (χ0) is 17.2. The molecule has 0 radical (unpaired) electrons. The highest BCUT2D eigenvalue weighted by molar-refractivity contribution is 5.77. The maximum absolute atomic E-state index is 12.6. The Bertz CT molecular complexity index is 582. The molecular formula is C21H32O3. The second kappa shape index (κ2) is 5.33. The van der Waals surface area contributed by atoms with E-state index in [0.29, 0.717) is 17.8 Å². The van der Waals surface area contributed by atoms with Gasteiger partial charge in [0.15, 0.2) is 0 Å².